The maximum Gasteiger partial charge on any atom is 0.329 e. The van der Waals surface area contributed by atoms with E-state index < -0.39 is 11.8 Å². The molecule has 1 aliphatic rings. The van der Waals surface area contributed by atoms with Crippen molar-refractivity contribution in [1.82, 2.24) is 10.7 Å². The van der Waals surface area contributed by atoms with E-state index in [9.17, 15) is 9.59 Å². The predicted molar refractivity (Wildman–Crippen MR) is 81.9 cm³/mol. The number of carbonyl (C=O) groups is 2. The van der Waals surface area contributed by atoms with E-state index in [4.69, 9.17) is 4.74 Å². The van der Waals surface area contributed by atoms with E-state index in [1.807, 2.05) is 24.3 Å². The molecule has 1 unspecified atom stereocenters. The first-order valence-corrected chi connectivity index (χ1v) is 7.43. The second-order valence-corrected chi connectivity index (χ2v) is 5.51. The van der Waals surface area contributed by atoms with Crippen LogP contribution in [0.25, 0.3) is 0 Å². The van der Waals surface area contributed by atoms with Crippen molar-refractivity contribution in [3.8, 4) is 0 Å². The summed E-state index contributed by atoms with van der Waals surface area (Å²) in [6.45, 7) is 1.06. The van der Waals surface area contributed by atoms with Gasteiger partial charge in [-0.1, -0.05) is 28.1 Å². The molecule has 6 nitrogen and oxygen atoms in total. The van der Waals surface area contributed by atoms with Crippen molar-refractivity contribution in [3.05, 3.63) is 34.3 Å². The summed E-state index contributed by atoms with van der Waals surface area (Å²) in [6, 6.07) is 7.38. The number of nitrogens with zero attached hydrogens (tertiary/aromatic N) is 1. The molecule has 0 aromatic heterocycles. The van der Waals surface area contributed by atoms with Gasteiger partial charge in [-0.25, -0.2) is 5.43 Å². The Morgan fingerprint density at radius 3 is 2.76 bits per heavy atom. The summed E-state index contributed by atoms with van der Waals surface area (Å²) in [5.41, 5.74) is 3.00. The van der Waals surface area contributed by atoms with Crippen LogP contribution in [0.2, 0.25) is 0 Å². The molecular formula is C14H16BrN3O3. The Morgan fingerprint density at radius 2 is 2.10 bits per heavy atom. The SMILES string of the molecule is O=C(NCC1CCCO1)C(=O)NN=Cc1ccc(Br)cc1. The summed E-state index contributed by atoms with van der Waals surface area (Å²) in [6.07, 6.45) is 3.37. The molecule has 1 aromatic carbocycles. The van der Waals surface area contributed by atoms with Crippen LogP contribution < -0.4 is 10.7 Å². The molecule has 2 rings (SSSR count). The Labute approximate surface area is 131 Å². The van der Waals surface area contributed by atoms with Crippen LogP contribution in [-0.4, -0.2) is 37.3 Å². The number of carbonyl (C=O) groups excluding carboxylic acids is 2. The number of ether oxygens (including phenoxy) is 1. The molecular weight excluding hydrogens is 338 g/mol. The third kappa shape index (κ3) is 5.28. The van der Waals surface area contributed by atoms with Crippen LogP contribution in [0.5, 0.6) is 0 Å². The minimum atomic E-state index is -0.790. The third-order valence-electron chi connectivity index (χ3n) is 2.97. The zero-order valence-corrected chi connectivity index (χ0v) is 12.9. The first kappa shape index (κ1) is 15.7. The fraction of sp³-hybridized carbons (Fsp3) is 0.357. The Kier molecular flexibility index (Phi) is 5.89. The zero-order chi connectivity index (χ0) is 15.1. The molecule has 21 heavy (non-hydrogen) atoms. The second kappa shape index (κ2) is 7.90. The number of nitrogens with one attached hydrogen (secondary N) is 2. The molecule has 2 amide bonds. The molecule has 0 saturated carbocycles. The lowest BCUT2D eigenvalue weighted by molar-refractivity contribution is -0.139. The molecule has 112 valence electrons. The summed E-state index contributed by atoms with van der Waals surface area (Å²) in [4.78, 5) is 23.0. The van der Waals surface area contributed by atoms with Crippen LogP contribution in [-0.2, 0) is 14.3 Å². The Bertz CT molecular complexity index is 525. The Balaban J connectivity index is 1.72. The number of rotatable bonds is 4. The van der Waals surface area contributed by atoms with Crippen LogP contribution in [0.3, 0.4) is 0 Å². The number of hydrazone groups is 1. The quantitative estimate of drug-likeness (QED) is 0.484. The molecule has 1 atom stereocenters. The van der Waals surface area contributed by atoms with Crippen LogP contribution in [0.15, 0.2) is 33.8 Å². The fourth-order valence-corrected chi connectivity index (χ4v) is 2.12. The number of hydrogen-bond acceptors (Lipinski definition) is 4. The Hall–Kier alpha value is -1.73. The molecule has 1 saturated heterocycles. The summed E-state index contributed by atoms with van der Waals surface area (Å²) in [5.74, 6) is -1.50. The third-order valence-corrected chi connectivity index (χ3v) is 3.50. The first-order valence-electron chi connectivity index (χ1n) is 6.63. The monoisotopic (exact) mass is 353 g/mol. The van der Waals surface area contributed by atoms with Crippen molar-refractivity contribution >= 4 is 34.0 Å². The van der Waals surface area contributed by atoms with Crippen molar-refractivity contribution in [1.29, 1.82) is 0 Å². The maximum absolute atomic E-state index is 11.5. The normalized spacial score (nSPS) is 17.9. The maximum atomic E-state index is 11.5. The molecule has 7 heteroatoms. The first-order chi connectivity index (χ1) is 10.1. The van der Waals surface area contributed by atoms with Crippen LogP contribution >= 0.6 is 15.9 Å². The highest BCUT2D eigenvalue weighted by Gasteiger charge is 2.18. The number of amides is 2. The van der Waals surface area contributed by atoms with Gasteiger partial charge in [-0.05, 0) is 30.5 Å². The Morgan fingerprint density at radius 1 is 1.33 bits per heavy atom. The molecule has 1 aliphatic heterocycles. The molecule has 1 heterocycles. The number of halogens is 1. The van der Waals surface area contributed by atoms with E-state index in [-0.39, 0.29) is 6.10 Å². The van der Waals surface area contributed by atoms with Crippen LogP contribution in [0.1, 0.15) is 18.4 Å². The summed E-state index contributed by atoms with van der Waals surface area (Å²) in [7, 11) is 0. The minimum absolute atomic E-state index is 0.00742. The van der Waals surface area contributed by atoms with Crippen molar-refractivity contribution < 1.29 is 14.3 Å². The molecule has 0 spiro atoms. The standard InChI is InChI=1S/C14H16BrN3O3/c15-11-5-3-10(4-6-11)8-17-18-14(20)13(19)16-9-12-2-1-7-21-12/h3-6,8,12H,1-2,7,9H2,(H,16,19)(H,18,20). The van der Waals surface area contributed by atoms with Gasteiger partial charge in [-0.15, -0.1) is 0 Å². The van der Waals surface area contributed by atoms with Gasteiger partial charge in [0.25, 0.3) is 0 Å². The largest absolute Gasteiger partial charge is 0.376 e. The van der Waals surface area contributed by atoms with Gasteiger partial charge in [0.15, 0.2) is 0 Å². The van der Waals surface area contributed by atoms with Gasteiger partial charge < -0.3 is 10.1 Å². The lowest BCUT2D eigenvalue weighted by atomic mass is 10.2. The molecule has 0 aliphatic carbocycles. The molecule has 2 N–H and O–H groups in total. The van der Waals surface area contributed by atoms with E-state index in [2.05, 4.69) is 31.8 Å². The van der Waals surface area contributed by atoms with Crippen molar-refractivity contribution in [2.24, 2.45) is 5.10 Å². The van der Waals surface area contributed by atoms with Crippen molar-refractivity contribution in [2.45, 2.75) is 18.9 Å². The van der Waals surface area contributed by atoms with E-state index in [1.54, 1.807) is 0 Å². The van der Waals surface area contributed by atoms with Gasteiger partial charge in [0, 0.05) is 17.6 Å². The van der Waals surface area contributed by atoms with Gasteiger partial charge in [0.2, 0.25) is 0 Å². The molecule has 0 radical (unpaired) electrons. The van der Waals surface area contributed by atoms with E-state index in [0.717, 1.165) is 22.9 Å². The summed E-state index contributed by atoms with van der Waals surface area (Å²) < 4.78 is 6.31. The smallest absolute Gasteiger partial charge is 0.329 e. The second-order valence-electron chi connectivity index (χ2n) is 4.60. The van der Waals surface area contributed by atoms with Gasteiger partial charge in [-0.2, -0.15) is 5.10 Å². The lowest BCUT2D eigenvalue weighted by Crippen LogP contribution is -2.41. The van der Waals surface area contributed by atoms with Crippen molar-refractivity contribution in [2.75, 3.05) is 13.2 Å². The van der Waals surface area contributed by atoms with Gasteiger partial charge in [0.1, 0.15) is 0 Å². The topological polar surface area (TPSA) is 79.8 Å². The predicted octanol–water partition coefficient (Wildman–Crippen LogP) is 1.19. The highest BCUT2D eigenvalue weighted by Crippen LogP contribution is 2.10. The number of benzene rings is 1. The van der Waals surface area contributed by atoms with E-state index in [1.165, 1.54) is 6.21 Å². The zero-order valence-electron chi connectivity index (χ0n) is 11.3. The van der Waals surface area contributed by atoms with Gasteiger partial charge in [0.05, 0.1) is 12.3 Å². The lowest BCUT2D eigenvalue weighted by Gasteiger charge is -2.09. The average molecular weight is 354 g/mol. The molecule has 1 fully saturated rings. The van der Waals surface area contributed by atoms with E-state index in [0.29, 0.717) is 13.2 Å². The molecule has 0 bridgehead atoms. The summed E-state index contributed by atoms with van der Waals surface area (Å²) >= 11 is 3.32. The van der Waals surface area contributed by atoms with Gasteiger partial charge in [-0.3, -0.25) is 9.59 Å². The fourth-order valence-electron chi connectivity index (χ4n) is 1.86. The van der Waals surface area contributed by atoms with Crippen LogP contribution in [0, 0.1) is 0 Å². The van der Waals surface area contributed by atoms with Gasteiger partial charge >= 0.3 is 11.8 Å². The molecule has 1 aromatic rings. The highest BCUT2D eigenvalue weighted by molar-refractivity contribution is 9.10. The van der Waals surface area contributed by atoms with Crippen molar-refractivity contribution in [3.63, 3.8) is 0 Å². The summed E-state index contributed by atoms with van der Waals surface area (Å²) in [5, 5.41) is 6.26. The van der Waals surface area contributed by atoms with Crippen LogP contribution in [0.4, 0.5) is 0 Å². The van der Waals surface area contributed by atoms with E-state index >= 15 is 0 Å². The highest BCUT2D eigenvalue weighted by atomic mass is 79.9. The average Bonchev–Trinajstić information content (AvgIpc) is 3.00. The number of hydrogen-bond donors (Lipinski definition) is 2. The minimum Gasteiger partial charge on any atom is -0.376 e.